The summed E-state index contributed by atoms with van der Waals surface area (Å²) in [7, 11) is 1.92. The minimum absolute atomic E-state index is 0.283. The van der Waals surface area contributed by atoms with E-state index in [-0.39, 0.29) is 5.56 Å². The van der Waals surface area contributed by atoms with E-state index in [2.05, 4.69) is 32.4 Å². The third kappa shape index (κ3) is 3.58. The Hall–Kier alpha value is -1.40. The molecule has 0 aliphatic heterocycles. The van der Waals surface area contributed by atoms with E-state index in [4.69, 9.17) is 5.11 Å². The van der Waals surface area contributed by atoms with Gasteiger partial charge in [0.05, 0.1) is 9.35 Å². The topological polar surface area (TPSA) is 53.4 Å². The molecule has 0 bridgehead atoms. The van der Waals surface area contributed by atoms with Crippen LogP contribution in [-0.2, 0) is 13.0 Å². The highest BCUT2D eigenvalue weighted by atomic mass is 79.9. The van der Waals surface area contributed by atoms with Crippen LogP contribution in [0.1, 0.15) is 28.5 Å². The summed E-state index contributed by atoms with van der Waals surface area (Å²) < 4.78 is 1.09. The molecule has 106 valence electrons. The van der Waals surface area contributed by atoms with Gasteiger partial charge in [0.25, 0.3) is 0 Å². The van der Waals surface area contributed by atoms with Crippen LogP contribution in [0, 0.1) is 0 Å². The Morgan fingerprint density at radius 2 is 2.20 bits per heavy atom. The minimum Gasteiger partial charge on any atom is -0.478 e. The highest BCUT2D eigenvalue weighted by Gasteiger charge is 2.11. The Morgan fingerprint density at radius 3 is 2.75 bits per heavy atom. The van der Waals surface area contributed by atoms with Crippen LogP contribution < -0.4 is 4.90 Å². The molecule has 0 unspecified atom stereocenters. The molecule has 4 nitrogen and oxygen atoms in total. The molecule has 2 aromatic rings. The molecule has 0 saturated carbocycles. The fourth-order valence-corrected chi connectivity index (χ4v) is 3.06. The van der Waals surface area contributed by atoms with Gasteiger partial charge in [0, 0.05) is 19.3 Å². The minimum atomic E-state index is -0.921. The van der Waals surface area contributed by atoms with Gasteiger partial charge in [-0.3, -0.25) is 0 Å². The molecule has 0 aromatic carbocycles. The van der Waals surface area contributed by atoms with Crippen LogP contribution >= 0.6 is 27.3 Å². The van der Waals surface area contributed by atoms with Gasteiger partial charge in [-0.15, -0.1) is 11.3 Å². The van der Waals surface area contributed by atoms with Crippen LogP contribution in [-0.4, -0.2) is 23.1 Å². The summed E-state index contributed by atoms with van der Waals surface area (Å²) >= 11 is 5.07. The standard InChI is InChI=1S/C14H15BrN2O2S/c1-3-11-5-10(14(18)19)6-13(16-11)17(2)7-9-4-12(15)20-8-9/h4-6,8H,3,7H2,1-2H3,(H,18,19). The number of aromatic carboxylic acids is 1. The Morgan fingerprint density at radius 1 is 1.45 bits per heavy atom. The Balaban J connectivity index is 2.26. The van der Waals surface area contributed by atoms with E-state index in [0.717, 1.165) is 9.48 Å². The molecule has 2 heterocycles. The van der Waals surface area contributed by atoms with Crippen molar-refractivity contribution in [3.05, 3.63) is 44.2 Å². The monoisotopic (exact) mass is 354 g/mol. The zero-order valence-electron chi connectivity index (χ0n) is 11.3. The molecule has 6 heteroatoms. The summed E-state index contributed by atoms with van der Waals surface area (Å²) in [6, 6.07) is 5.30. The van der Waals surface area contributed by atoms with Gasteiger partial charge in [-0.2, -0.15) is 0 Å². The molecule has 0 aliphatic rings. The van der Waals surface area contributed by atoms with E-state index >= 15 is 0 Å². The maximum atomic E-state index is 11.2. The first-order valence-electron chi connectivity index (χ1n) is 6.18. The molecule has 1 N–H and O–H groups in total. The molecule has 0 amide bonds. The Labute approximate surface area is 130 Å². The van der Waals surface area contributed by atoms with Crippen LogP contribution in [0.4, 0.5) is 5.82 Å². The van der Waals surface area contributed by atoms with Gasteiger partial charge in [-0.05, 0) is 51.5 Å². The maximum absolute atomic E-state index is 11.2. The lowest BCUT2D eigenvalue weighted by Crippen LogP contribution is -2.18. The number of carboxylic acid groups (broad SMARTS) is 1. The smallest absolute Gasteiger partial charge is 0.335 e. The molecular formula is C14H15BrN2O2S. The van der Waals surface area contributed by atoms with E-state index in [1.165, 1.54) is 5.56 Å². The fraction of sp³-hybridized carbons (Fsp3) is 0.286. The zero-order valence-corrected chi connectivity index (χ0v) is 13.7. The van der Waals surface area contributed by atoms with E-state index in [0.29, 0.717) is 18.8 Å². The zero-order chi connectivity index (χ0) is 14.7. The number of halogens is 1. The molecule has 0 radical (unpaired) electrons. The van der Waals surface area contributed by atoms with Crippen molar-refractivity contribution in [1.29, 1.82) is 0 Å². The van der Waals surface area contributed by atoms with E-state index in [1.54, 1.807) is 23.5 Å². The molecule has 0 spiro atoms. The Bertz CT molecular complexity index is 627. The van der Waals surface area contributed by atoms with E-state index in [9.17, 15) is 4.79 Å². The highest BCUT2D eigenvalue weighted by Crippen LogP contribution is 2.23. The number of carboxylic acids is 1. The number of thiophene rings is 1. The van der Waals surface area contributed by atoms with Crippen molar-refractivity contribution in [2.45, 2.75) is 19.9 Å². The van der Waals surface area contributed by atoms with Crippen molar-refractivity contribution in [2.24, 2.45) is 0 Å². The maximum Gasteiger partial charge on any atom is 0.335 e. The number of aryl methyl sites for hydroxylation is 1. The average molecular weight is 355 g/mol. The summed E-state index contributed by atoms with van der Waals surface area (Å²) in [5, 5.41) is 11.2. The van der Waals surface area contributed by atoms with Gasteiger partial charge < -0.3 is 10.0 Å². The molecule has 0 fully saturated rings. The van der Waals surface area contributed by atoms with Gasteiger partial charge in [0.1, 0.15) is 5.82 Å². The second-order valence-corrected chi connectivity index (χ2v) is 6.77. The summed E-state index contributed by atoms with van der Waals surface area (Å²) in [5.41, 5.74) is 2.24. The first kappa shape index (κ1) is 15.0. The molecular weight excluding hydrogens is 340 g/mol. The number of anilines is 1. The van der Waals surface area contributed by atoms with Crippen LogP contribution in [0.5, 0.6) is 0 Å². The second kappa shape index (κ2) is 6.37. The molecule has 2 aromatic heterocycles. The average Bonchev–Trinajstić information content (AvgIpc) is 2.83. The van der Waals surface area contributed by atoms with Gasteiger partial charge >= 0.3 is 5.97 Å². The molecule has 0 saturated heterocycles. The van der Waals surface area contributed by atoms with Crippen molar-refractivity contribution in [3.8, 4) is 0 Å². The first-order chi connectivity index (χ1) is 9.49. The number of aromatic nitrogens is 1. The van der Waals surface area contributed by atoms with Gasteiger partial charge in [0.15, 0.2) is 0 Å². The molecule has 2 rings (SSSR count). The third-order valence-electron chi connectivity index (χ3n) is 2.91. The predicted octanol–water partition coefficient (Wildman–Crippen LogP) is 3.80. The number of nitrogens with zero attached hydrogens (tertiary/aromatic N) is 2. The number of rotatable bonds is 5. The largest absolute Gasteiger partial charge is 0.478 e. The summed E-state index contributed by atoms with van der Waals surface area (Å²) in [6.45, 7) is 2.66. The lowest BCUT2D eigenvalue weighted by molar-refractivity contribution is 0.0696. The summed E-state index contributed by atoms with van der Waals surface area (Å²) in [6.07, 6.45) is 0.714. The van der Waals surface area contributed by atoms with Gasteiger partial charge in [-0.1, -0.05) is 6.92 Å². The Kier molecular flexibility index (Phi) is 4.77. The third-order valence-corrected chi connectivity index (χ3v) is 4.46. The van der Waals surface area contributed by atoms with Gasteiger partial charge in [-0.25, -0.2) is 9.78 Å². The molecule has 0 atom stereocenters. The quantitative estimate of drug-likeness (QED) is 0.886. The number of hydrogen-bond donors (Lipinski definition) is 1. The van der Waals surface area contributed by atoms with Crippen molar-refractivity contribution in [3.63, 3.8) is 0 Å². The lowest BCUT2D eigenvalue weighted by atomic mass is 10.2. The van der Waals surface area contributed by atoms with E-state index < -0.39 is 5.97 Å². The summed E-state index contributed by atoms with van der Waals surface area (Å²) in [4.78, 5) is 17.6. The number of hydrogen-bond acceptors (Lipinski definition) is 4. The normalized spacial score (nSPS) is 10.6. The van der Waals surface area contributed by atoms with Crippen molar-refractivity contribution < 1.29 is 9.90 Å². The number of pyridine rings is 1. The highest BCUT2D eigenvalue weighted by molar-refractivity contribution is 9.11. The van der Waals surface area contributed by atoms with Crippen LogP contribution in [0.25, 0.3) is 0 Å². The second-order valence-electron chi connectivity index (χ2n) is 4.48. The summed E-state index contributed by atoms with van der Waals surface area (Å²) in [5.74, 6) is -0.237. The molecule has 20 heavy (non-hydrogen) atoms. The van der Waals surface area contributed by atoms with Crippen LogP contribution in [0.3, 0.4) is 0 Å². The van der Waals surface area contributed by atoms with Crippen LogP contribution in [0.2, 0.25) is 0 Å². The van der Waals surface area contributed by atoms with Crippen molar-refractivity contribution in [1.82, 2.24) is 4.98 Å². The van der Waals surface area contributed by atoms with Crippen LogP contribution in [0.15, 0.2) is 27.4 Å². The number of carbonyl (C=O) groups is 1. The van der Waals surface area contributed by atoms with Crippen molar-refractivity contribution in [2.75, 3.05) is 11.9 Å². The van der Waals surface area contributed by atoms with Gasteiger partial charge in [0.2, 0.25) is 0 Å². The van der Waals surface area contributed by atoms with E-state index in [1.807, 2.05) is 18.9 Å². The predicted molar refractivity (Wildman–Crippen MR) is 84.7 cm³/mol. The lowest BCUT2D eigenvalue weighted by Gasteiger charge is -2.18. The molecule has 0 aliphatic carbocycles. The SMILES string of the molecule is CCc1cc(C(=O)O)cc(N(C)Cc2csc(Br)c2)n1. The first-order valence-corrected chi connectivity index (χ1v) is 7.85. The fourth-order valence-electron chi connectivity index (χ4n) is 1.86. The van der Waals surface area contributed by atoms with Crippen molar-refractivity contribution >= 4 is 39.1 Å².